The molecule has 168 valence electrons. The number of aryl methyl sites for hydroxylation is 3. The standard InChI is InChI=1S/C24H30N6O2/c1-16-12-17(2)26-24(25-16)30-19(4)22(18(3)28-30)14-23(31)27-21-7-5-6-20(13-21)15-29-8-10-32-11-9-29/h5-7,12-13H,8-11,14-15H2,1-4H3,(H,27,31). The third kappa shape index (κ3) is 5.20. The Kier molecular flexibility index (Phi) is 6.62. The highest BCUT2D eigenvalue weighted by Gasteiger charge is 2.18. The molecule has 0 spiro atoms. The molecule has 1 aliphatic heterocycles. The van der Waals surface area contributed by atoms with Crippen LogP contribution < -0.4 is 5.32 Å². The average molecular weight is 435 g/mol. The van der Waals surface area contributed by atoms with E-state index in [1.807, 2.05) is 52.0 Å². The smallest absolute Gasteiger partial charge is 0.251 e. The van der Waals surface area contributed by atoms with Crippen LogP contribution in [0.3, 0.4) is 0 Å². The number of rotatable bonds is 6. The normalized spacial score (nSPS) is 14.5. The highest BCUT2D eigenvalue weighted by molar-refractivity contribution is 5.92. The number of carbonyl (C=O) groups is 1. The van der Waals surface area contributed by atoms with Crippen molar-refractivity contribution in [1.29, 1.82) is 0 Å². The van der Waals surface area contributed by atoms with E-state index < -0.39 is 0 Å². The summed E-state index contributed by atoms with van der Waals surface area (Å²) in [5, 5.41) is 7.64. The number of benzene rings is 1. The molecule has 4 rings (SSSR count). The van der Waals surface area contributed by atoms with Gasteiger partial charge < -0.3 is 10.1 Å². The number of nitrogens with one attached hydrogen (secondary N) is 1. The van der Waals surface area contributed by atoms with Crippen molar-refractivity contribution >= 4 is 11.6 Å². The van der Waals surface area contributed by atoms with Crippen LogP contribution in [0, 0.1) is 27.7 Å². The van der Waals surface area contributed by atoms with E-state index in [2.05, 4.69) is 31.3 Å². The fourth-order valence-electron chi connectivity index (χ4n) is 4.06. The van der Waals surface area contributed by atoms with E-state index in [0.29, 0.717) is 5.95 Å². The van der Waals surface area contributed by atoms with Gasteiger partial charge in [-0.3, -0.25) is 9.69 Å². The molecule has 0 bridgehead atoms. The van der Waals surface area contributed by atoms with Crippen molar-refractivity contribution in [3.05, 3.63) is 64.2 Å². The summed E-state index contributed by atoms with van der Waals surface area (Å²) in [5.41, 5.74) is 6.34. The van der Waals surface area contributed by atoms with Gasteiger partial charge >= 0.3 is 0 Å². The minimum atomic E-state index is -0.0689. The van der Waals surface area contributed by atoms with E-state index >= 15 is 0 Å². The number of hydrogen-bond acceptors (Lipinski definition) is 6. The first-order valence-electron chi connectivity index (χ1n) is 11.0. The van der Waals surface area contributed by atoms with Crippen LogP contribution in [0.1, 0.15) is 33.9 Å². The molecule has 0 saturated carbocycles. The van der Waals surface area contributed by atoms with E-state index in [1.54, 1.807) is 4.68 Å². The number of hydrogen-bond donors (Lipinski definition) is 1. The molecule has 0 unspecified atom stereocenters. The minimum absolute atomic E-state index is 0.0689. The first kappa shape index (κ1) is 22.1. The lowest BCUT2D eigenvalue weighted by Crippen LogP contribution is -2.35. The van der Waals surface area contributed by atoms with Gasteiger partial charge in [0.15, 0.2) is 0 Å². The Balaban J connectivity index is 1.45. The lowest BCUT2D eigenvalue weighted by atomic mass is 10.1. The summed E-state index contributed by atoms with van der Waals surface area (Å²) in [5.74, 6) is 0.464. The monoisotopic (exact) mass is 434 g/mol. The van der Waals surface area contributed by atoms with Gasteiger partial charge in [-0.25, -0.2) is 14.6 Å². The van der Waals surface area contributed by atoms with Crippen LogP contribution in [0.2, 0.25) is 0 Å². The van der Waals surface area contributed by atoms with E-state index in [0.717, 1.165) is 66.9 Å². The van der Waals surface area contributed by atoms with Gasteiger partial charge in [0.25, 0.3) is 5.95 Å². The van der Waals surface area contributed by atoms with Crippen molar-refractivity contribution in [3.8, 4) is 5.95 Å². The second-order valence-corrected chi connectivity index (χ2v) is 8.33. The molecule has 8 heteroatoms. The van der Waals surface area contributed by atoms with E-state index in [-0.39, 0.29) is 12.3 Å². The van der Waals surface area contributed by atoms with Crippen LogP contribution in [0.5, 0.6) is 0 Å². The second kappa shape index (κ2) is 9.58. The average Bonchev–Trinajstić information content (AvgIpc) is 3.02. The first-order chi connectivity index (χ1) is 15.4. The van der Waals surface area contributed by atoms with Gasteiger partial charge in [0.1, 0.15) is 0 Å². The molecule has 32 heavy (non-hydrogen) atoms. The molecule has 1 aliphatic rings. The van der Waals surface area contributed by atoms with Crippen LogP contribution in [-0.2, 0) is 22.5 Å². The molecule has 0 aliphatic carbocycles. The molecule has 3 aromatic rings. The SMILES string of the molecule is Cc1cc(C)nc(-n2nc(C)c(CC(=O)Nc3cccc(CN4CCOCC4)c3)c2C)n1. The zero-order chi connectivity index (χ0) is 22.7. The van der Waals surface area contributed by atoms with Crippen LogP contribution in [0.25, 0.3) is 5.95 Å². The fourth-order valence-corrected chi connectivity index (χ4v) is 4.06. The lowest BCUT2D eigenvalue weighted by molar-refractivity contribution is -0.115. The molecule has 1 amide bonds. The maximum absolute atomic E-state index is 12.8. The van der Waals surface area contributed by atoms with Crippen molar-refractivity contribution < 1.29 is 9.53 Å². The summed E-state index contributed by atoms with van der Waals surface area (Å²) in [6.45, 7) is 12.0. The first-order valence-corrected chi connectivity index (χ1v) is 11.0. The molecule has 1 saturated heterocycles. The number of morpholine rings is 1. The molecule has 1 fully saturated rings. The molecule has 0 atom stereocenters. The molecule has 0 radical (unpaired) electrons. The van der Waals surface area contributed by atoms with Gasteiger partial charge in [-0.1, -0.05) is 12.1 Å². The van der Waals surface area contributed by atoms with Gasteiger partial charge in [0, 0.05) is 48.0 Å². The third-order valence-corrected chi connectivity index (χ3v) is 5.66. The van der Waals surface area contributed by atoms with Gasteiger partial charge in [-0.2, -0.15) is 5.10 Å². The van der Waals surface area contributed by atoms with Gasteiger partial charge in [-0.15, -0.1) is 0 Å². The molecule has 1 N–H and O–H groups in total. The van der Waals surface area contributed by atoms with Gasteiger partial charge in [0.05, 0.1) is 25.3 Å². The summed E-state index contributed by atoms with van der Waals surface area (Å²) < 4.78 is 7.14. The maximum atomic E-state index is 12.8. The molecule has 8 nitrogen and oxygen atoms in total. The second-order valence-electron chi connectivity index (χ2n) is 8.33. The summed E-state index contributed by atoms with van der Waals surface area (Å²) >= 11 is 0. The summed E-state index contributed by atoms with van der Waals surface area (Å²) in [7, 11) is 0. The molecule has 3 heterocycles. The minimum Gasteiger partial charge on any atom is -0.379 e. The highest BCUT2D eigenvalue weighted by Crippen LogP contribution is 2.19. The van der Waals surface area contributed by atoms with Gasteiger partial charge in [0.2, 0.25) is 5.91 Å². The summed E-state index contributed by atoms with van der Waals surface area (Å²) in [4.78, 5) is 24.2. The van der Waals surface area contributed by atoms with Crippen molar-refractivity contribution in [3.63, 3.8) is 0 Å². The predicted molar refractivity (Wildman–Crippen MR) is 123 cm³/mol. The Labute approximate surface area is 188 Å². The molecular formula is C24H30N6O2. The number of nitrogens with zero attached hydrogens (tertiary/aromatic N) is 5. The van der Waals surface area contributed by atoms with Crippen molar-refractivity contribution in [2.45, 2.75) is 40.7 Å². The Morgan fingerprint density at radius 2 is 1.78 bits per heavy atom. The number of ether oxygens (including phenoxy) is 1. The fraction of sp³-hybridized carbons (Fsp3) is 0.417. The third-order valence-electron chi connectivity index (χ3n) is 5.66. The maximum Gasteiger partial charge on any atom is 0.251 e. The van der Waals surface area contributed by atoms with Gasteiger partial charge in [-0.05, 0) is 51.5 Å². The predicted octanol–water partition coefficient (Wildman–Crippen LogP) is 2.91. The summed E-state index contributed by atoms with van der Waals surface area (Å²) in [6.07, 6.45) is 0.246. The van der Waals surface area contributed by atoms with Crippen molar-refractivity contribution in [1.82, 2.24) is 24.6 Å². The number of amides is 1. The summed E-state index contributed by atoms with van der Waals surface area (Å²) in [6, 6.07) is 9.97. The number of anilines is 1. The Morgan fingerprint density at radius 3 is 2.50 bits per heavy atom. The Morgan fingerprint density at radius 1 is 1.06 bits per heavy atom. The lowest BCUT2D eigenvalue weighted by Gasteiger charge is -2.26. The highest BCUT2D eigenvalue weighted by atomic mass is 16.5. The van der Waals surface area contributed by atoms with Crippen molar-refractivity contribution in [2.75, 3.05) is 31.6 Å². The Bertz CT molecular complexity index is 1100. The topological polar surface area (TPSA) is 85.2 Å². The number of aromatic nitrogens is 4. The molecule has 2 aromatic heterocycles. The van der Waals surface area contributed by atoms with E-state index in [4.69, 9.17) is 4.74 Å². The zero-order valence-electron chi connectivity index (χ0n) is 19.2. The van der Waals surface area contributed by atoms with Crippen LogP contribution >= 0.6 is 0 Å². The van der Waals surface area contributed by atoms with Crippen LogP contribution in [0.4, 0.5) is 5.69 Å². The Hall–Kier alpha value is -3.10. The van der Waals surface area contributed by atoms with E-state index in [9.17, 15) is 4.79 Å². The quantitative estimate of drug-likeness (QED) is 0.642. The largest absolute Gasteiger partial charge is 0.379 e. The van der Waals surface area contributed by atoms with Crippen molar-refractivity contribution in [2.24, 2.45) is 0 Å². The molecule has 1 aromatic carbocycles. The zero-order valence-corrected chi connectivity index (χ0v) is 19.2. The number of carbonyl (C=O) groups excluding carboxylic acids is 1. The molecular weight excluding hydrogens is 404 g/mol. The van der Waals surface area contributed by atoms with Crippen LogP contribution in [-0.4, -0.2) is 56.9 Å². The van der Waals surface area contributed by atoms with Crippen LogP contribution in [0.15, 0.2) is 30.3 Å². The van der Waals surface area contributed by atoms with E-state index in [1.165, 1.54) is 5.56 Å².